The second-order valence-corrected chi connectivity index (χ2v) is 4.30. The molecule has 2 aromatic heterocycles. The van der Waals surface area contributed by atoms with Crippen molar-refractivity contribution in [3.05, 3.63) is 54.4 Å². The van der Waals surface area contributed by atoms with Crippen LogP contribution >= 0.6 is 0 Å². The van der Waals surface area contributed by atoms with E-state index in [1.807, 2.05) is 6.07 Å². The maximum Gasteiger partial charge on any atom is 0.355 e. The smallest absolute Gasteiger partial charge is 0.355 e. The lowest BCUT2D eigenvalue weighted by atomic mass is 10.2. The molecule has 0 amide bonds. The number of aromatic nitrogens is 2. The molecule has 0 spiro atoms. The molecule has 0 aliphatic heterocycles. The Balaban J connectivity index is 2.15. The van der Waals surface area contributed by atoms with Crippen LogP contribution in [0, 0.1) is 0 Å². The van der Waals surface area contributed by atoms with Gasteiger partial charge in [-0.1, -0.05) is 6.07 Å². The Morgan fingerprint density at radius 3 is 2.65 bits per heavy atom. The molecule has 5 heteroatoms. The SMILES string of the molecule is COC(=O)c1cccc2nc(-c3ccc(O)cc3)cn12. The van der Waals surface area contributed by atoms with Crippen molar-refractivity contribution in [3.63, 3.8) is 0 Å². The predicted molar refractivity (Wildman–Crippen MR) is 73.6 cm³/mol. The van der Waals surface area contributed by atoms with E-state index < -0.39 is 5.97 Å². The minimum absolute atomic E-state index is 0.202. The third-order valence-corrected chi connectivity index (χ3v) is 3.05. The number of ether oxygens (including phenoxy) is 1. The molecule has 0 fully saturated rings. The highest BCUT2D eigenvalue weighted by atomic mass is 16.5. The van der Waals surface area contributed by atoms with Gasteiger partial charge in [-0.25, -0.2) is 9.78 Å². The van der Waals surface area contributed by atoms with Gasteiger partial charge in [-0.3, -0.25) is 4.40 Å². The number of fused-ring (bicyclic) bond motifs is 1. The van der Waals surface area contributed by atoms with Crippen LogP contribution in [-0.4, -0.2) is 27.6 Å². The largest absolute Gasteiger partial charge is 0.508 e. The van der Waals surface area contributed by atoms with E-state index in [0.29, 0.717) is 11.3 Å². The summed E-state index contributed by atoms with van der Waals surface area (Å²) in [5.41, 5.74) is 2.67. The number of esters is 1. The van der Waals surface area contributed by atoms with E-state index in [9.17, 15) is 9.90 Å². The molecule has 0 radical (unpaired) electrons. The normalized spacial score (nSPS) is 10.7. The fourth-order valence-corrected chi connectivity index (χ4v) is 2.05. The third kappa shape index (κ3) is 1.99. The van der Waals surface area contributed by atoms with Crippen molar-refractivity contribution in [3.8, 4) is 17.0 Å². The molecule has 1 N–H and O–H groups in total. The van der Waals surface area contributed by atoms with Gasteiger partial charge < -0.3 is 9.84 Å². The Labute approximate surface area is 115 Å². The Morgan fingerprint density at radius 1 is 1.20 bits per heavy atom. The number of rotatable bonds is 2. The fraction of sp³-hybridized carbons (Fsp3) is 0.0667. The summed E-state index contributed by atoms with van der Waals surface area (Å²) in [6.07, 6.45) is 1.77. The zero-order chi connectivity index (χ0) is 14.1. The second-order valence-electron chi connectivity index (χ2n) is 4.30. The number of phenolic OH excluding ortho intramolecular Hbond substituents is 1. The number of imidazole rings is 1. The summed E-state index contributed by atoms with van der Waals surface area (Å²) >= 11 is 0. The number of methoxy groups -OCH3 is 1. The van der Waals surface area contributed by atoms with Crippen LogP contribution in [0.2, 0.25) is 0 Å². The van der Waals surface area contributed by atoms with E-state index in [0.717, 1.165) is 11.3 Å². The molecule has 100 valence electrons. The van der Waals surface area contributed by atoms with Crippen LogP contribution in [0.5, 0.6) is 5.75 Å². The van der Waals surface area contributed by atoms with Crippen molar-refractivity contribution < 1.29 is 14.6 Å². The molecule has 5 nitrogen and oxygen atoms in total. The third-order valence-electron chi connectivity index (χ3n) is 3.05. The summed E-state index contributed by atoms with van der Waals surface area (Å²) in [7, 11) is 1.35. The van der Waals surface area contributed by atoms with Gasteiger partial charge in [0.15, 0.2) is 0 Å². The van der Waals surface area contributed by atoms with Gasteiger partial charge in [-0.05, 0) is 36.4 Å². The van der Waals surface area contributed by atoms with Crippen molar-refractivity contribution in [1.82, 2.24) is 9.38 Å². The van der Waals surface area contributed by atoms with Gasteiger partial charge in [0.25, 0.3) is 0 Å². The highest BCUT2D eigenvalue weighted by Gasteiger charge is 2.12. The van der Waals surface area contributed by atoms with E-state index in [4.69, 9.17) is 4.74 Å². The average molecular weight is 268 g/mol. The molecule has 1 aromatic carbocycles. The Hall–Kier alpha value is -2.82. The molecule has 0 saturated carbocycles. The second kappa shape index (κ2) is 4.70. The average Bonchev–Trinajstić information content (AvgIpc) is 2.91. The Kier molecular flexibility index (Phi) is 2.87. The lowest BCUT2D eigenvalue weighted by molar-refractivity contribution is 0.0592. The molecule has 3 aromatic rings. The zero-order valence-corrected chi connectivity index (χ0v) is 10.8. The fourth-order valence-electron chi connectivity index (χ4n) is 2.05. The standard InChI is InChI=1S/C15H12N2O3/c1-20-15(19)13-3-2-4-14-16-12(9-17(13)14)10-5-7-11(18)8-6-10/h2-9,18H,1H3. The van der Waals surface area contributed by atoms with Gasteiger partial charge in [-0.15, -0.1) is 0 Å². The first-order chi connectivity index (χ1) is 9.69. The maximum atomic E-state index is 11.7. The van der Waals surface area contributed by atoms with Crippen LogP contribution in [0.3, 0.4) is 0 Å². The van der Waals surface area contributed by atoms with Crippen LogP contribution < -0.4 is 0 Å². The number of nitrogens with zero attached hydrogens (tertiary/aromatic N) is 2. The Morgan fingerprint density at radius 2 is 1.95 bits per heavy atom. The summed E-state index contributed by atoms with van der Waals surface area (Å²) in [6.45, 7) is 0. The zero-order valence-electron chi connectivity index (χ0n) is 10.8. The number of benzene rings is 1. The van der Waals surface area contributed by atoms with Crippen molar-refractivity contribution in [1.29, 1.82) is 0 Å². The molecular weight excluding hydrogens is 256 g/mol. The van der Waals surface area contributed by atoms with Gasteiger partial charge in [0.2, 0.25) is 0 Å². The minimum atomic E-state index is -0.412. The lowest BCUT2D eigenvalue weighted by Crippen LogP contribution is -2.06. The van der Waals surface area contributed by atoms with Crippen molar-refractivity contribution >= 4 is 11.6 Å². The van der Waals surface area contributed by atoms with Crippen molar-refractivity contribution in [2.75, 3.05) is 7.11 Å². The summed E-state index contributed by atoms with van der Waals surface area (Å²) in [4.78, 5) is 16.2. The first kappa shape index (κ1) is 12.2. The number of pyridine rings is 1. The van der Waals surface area contributed by atoms with Crippen LogP contribution in [0.25, 0.3) is 16.9 Å². The predicted octanol–water partition coefficient (Wildman–Crippen LogP) is 2.49. The quantitative estimate of drug-likeness (QED) is 0.725. The van der Waals surface area contributed by atoms with Gasteiger partial charge in [0, 0.05) is 11.8 Å². The van der Waals surface area contributed by atoms with E-state index in [-0.39, 0.29) is 5.75 Å². The molecule has 0 atom stereocenters. The van der Waals surface area contributed by atoms with Crippen molar-refractivity contribution in [2.45, 2.75) is 0 Å². The summed E-state index contributed by atoms with van der Waals surface area (Å²) < 4.78 is 6.44. The molecule has 2 heterocycles. The van der Waals surface area contributed by atoms with Crippen LogP contribution in [-0.2, 0) is 4.74 Å². The summed E-state index contributed by atoms with van der Waals surface area (Å²) in [5.74, 6) is -0.210. The van der Waals surface area contributed by atoms with Crippen LogP contribution in [0.4, 0.5) is 0 Å². The maximum absolute atomic E-state index is 11.7. The van der Waals surface area contributed by atoms with Gasteiger partial charge >= 0.3 is 5.97 Å². The van der Waals surface area contributed by atoms with Gasteiger partial charge in [-0.2, -0.15) is 0 Å². The molecule has 0 aliphatic rings. The summed E-state index contributed by atoms with van der Waals surface area (Å²) in [5, 5.41) is 9.31. The van der Waals surface area contributed by atoms with Crippen LogP contribution in [0.1, 0.15) is 10.5 Å². The summed E-state index contributed by atoms with van der Waals surface area (Å²) in [6, 6.07) is 12.0. The molecular formula is C15H12N2O3. The highest BCUT2D eigenvalue weighted by Crippen LogP contribution is 2.22. The number of carbonyl (C=O) groups excluding carboxylic acids is 1. The minimum Gasteiger partial charge on any atom is -0.508 e. The number of aromatic hydroxyl groups is 1. The van der Waals surface area contributed by atoms with E-state index >= 15 is 0 Å². The molecule has 20 heavy (non-hydrogen) atoms. The first-order valence-electron chi connectivity index (χ1n) is 6.05. The first-order valence-corrected chi connectivity index (χ1v) is 6.05. The molecule has 0 bridgehead atoms. The monoisotopic (exact) mass is 268 g/mol. The van der Waals surface area contributed by atoms with E-state index in [2.05, 4.69) is 4.98 Å². The molecule has 0 unspecified atom stereocenters. The molecule has 0 saturated heterocycles. The van der Waals surface area contributed by atoms with Crippen LogP contribution in [0.15, 0.2) is 48.7 Å². The molecule has 0 aliphatic carbocycles. The lowest BCUT2D eigenvalue weighted by Gasteiger charge is -2.01. The number of phenols is 1. The number of hydrogen-bond donors (Lipinski definition) is 1. The molecule has 3 rings (SSSR count). The van der Waals surface area contributed by atoms with Crippen molar-refractivity contribution in [2.24, 2.45) is 0 Å². The number of hydrogen-bond acceptors (Lipinski definition) is 4. The van der Waals surface area contributed by atoms with E-state index in [1.165, 1.54) is 7.11 Å². The Bertz CT molecular complexity index is 775. The van der Waals surface area contributed by atoms with Gasteiger partial charge in [0.05, 0.1) is 12.8 Å². The van der Waals surface area contributed by atoms with E-state index in [1.54, 1.807) is 47.0 Å². The number of carbonyl (C=O) groups is 1. The highest BCUT2D eigenvalue weighted by molar-refractivity contribution is 5.88. The topological polar surface area (TPSA) is 63.8 Å². The van der Waals surface area contributed by atoms with Gasteiger partial charge in [0.1, 0.15) is 17.1 Å².